The largest absolute Gasteiger partial charge is 0.324 e. The molecule has 4 heteroatoms. The lowest BCUT2D eigenvalue weighted by Gasteiger charge is -2.22. The van der Waals surface area contributed by atoms with Crippen molar-refractivity contribution in [2.45, 2.75) is 39.2 Å². The van der Waals surface area contributed by atoms with Gasteiger partial charge in [0.25, 0.3) is 0 Å². The lowest BCUT2D eigenvalue weighted by molar-refractivity contribution is 0.272. The Kier molecular flexibility index (Phi) is 7.77. The average Bonchev–Trinajstić information content (AvgIpc) is 2.42. The summed E-state index contributed by atoms with van der Waals surface area (Å²) in [5, 5.41) is 1.17. The molecule has 0 aliphatic rings. The summed E-state index contributed by atoms with van der Waals surface area (Å²) in [6, 6.07) is 5.60. The van der Waals surface area contributed by atoms with E-state index < -0.39 is 0 Å². The molecule has 0 aliphatic carbocycles. The van der Waals surface area contributed by atoms with E-state index in [0.717, 1.165) is 31.6 Å². The summed E-state index contributed by atoms with van der Waals surface area (Å²) in [6.45, 7) is 7.61. The van der Waals surface area contributed by atoms with Gasteiger partial charge in [-0.3, -0.25) is 0 Å². The summed E-state index contributed by atoms with van der Waals surface area (Å²) in [6.07, 6.45) is 3.36. The molecule has 1 unspecified atom stereocenters. The second kappa shape index (κ2) is 8.80. The van der Waals surface area contributed by atoms with Gasteiger partial charge in [0.05, 0.1) is 10.0 Å². The van der Waals surface area contributed by atoms with E-state index in [-0.39, 0.29) is 6.04 Å². The first-order chi connectivity index (χ1) is 9.10. The quantitative estimate of drug-likeness (QED) is 0.766. The van der Waals surface area contributed by atoms with Crippen LogP contribution in [0.4, 0.5) is 0 Å². The Balaban J connectivity index is 2.54. The van der Waals surface area contributed by atoms with Crippen molar-refractivity contribution in [3.05, 3.63) is 33.8 Å². The second-order valence-corrected chi connectivity index (χ2v) is 5.61. The van der Waals surface area contributed by atoms with Gasteiger partial charge >= 0.3 is 0 Å². The zero-order valence-corrected chi connectivity index (χ0v) is 13.3. The number of rotatable bonds is 8. The third kappa shape index (κ3) is 5.31. The van der Waals surface area contributed by atoms with Crippen LogP contribution in [0.2, 0.25) is 10.0 Å². The molecule has 108 valence electrons. The Morgan fingerprint density at radius 1 is 1.21 bits per heavy atom. The molecule has 1 atom stereocenters. The Morgan fingerprint density at radius 2 is 1.95 bits per heavy atom. The minimum absolute atomic E-state index is 0.0538. The van der Waals surface area contributed by atoms with Crippen molar-refractivity contribution in [1.82, 2.24) is 4.90 Å². The number of nitrogens with two attached hydrogens (primary N) is 1. The Labute approximate surface area is 126 Å². The molecule has 0 radical (unpaired) electrons. The van der Waals surface area contributed by atoms with Gasteiger partial charge in [-0.05, 0) is 44.1 Å². The molecule has 1 rings (SSSR count). The fourth-order valence-corrected chi connectivity index (χ4v) is 2.54. The van der Waals surface area contributed by atoms with Crippen LogP contribution in [-0.2, 0) is 0 Å². The minimum Gasteiger partial charge on any atom is -0.324 e. The van der Waals surface area contributed by atoms with Crippen molar-refractivity contribution in [1.29, 1.82) is 0 Å². The maximum atomic E-state index is 6.23. The first-order valence-electron chi connectivity index (χ1n) is 7.02. The highest BCUT2D eigenvalue weighted by Gasteiger charge is 2.13. The van der Waals surface area contributed by atoms with E-state index >= 15 is 0 Å². The molecular weight excluding hydrogens is 279 g/mol. The summed E-state index contributed by atoms with van der Waals surface area (Å²) in [7, 11) is 0. The van der Waals surface area contributed by atoms with Crippen LogP contribution in [0.5, 0.6) is 0 Å². The number of nitrogens with zero attached hydrogens (tertiary/aromatic N) is 1. The average molecular weight is 303 g/mol. The molecule has 0 heterocycles. The first kappa shape index (κ1) is 16.8. The third-order valence-electron chi connectivity index (χ3n) is 3.41. The summed E-state index contributed by atoms with van der Waals surface area (Å²) >= 11 is 12.2. The fraction of sp³-hybridized carbons (Fsp3) is 0.600. The maximum absolute atomic E-state index is 6.23. The zero-order valence-electron chi connectivity index (χ0n) is 11.8. The lowest BCUT2D eigenvalue weighted by Crippen LogP contribution is -2.28. The highest BCUT2D eigenvalue weighted by molar-refractivity contribution is 6.42. The molecule has 19 heavy (non-hydrogen) atoms. The van der Waals surface area contributed by atoms with Crippen LogP contribution in [0.1, 0.15) is 44.7 Å². The molecule has 0 amide bonds. The molecule has 0 fully saturated rings. The smallest absolute Gasteiger partial charge is 0.0640 e. The van der Waals surface area contributed by atoms with E-state index in [0.29, 0.717) is 10.0 Å². The SMILES string of the molecule is CCCCN(CC)CCC(N)c1cccc(Cl)c1Cl. The standard InChI is InChI=1S/C15H24Cl2N2/c1-3-5-10-19(4-2)11-9-14(18)12-7-6-8-13(16)15(12)17/h6-8,14H,3-5,9-11,18H2,1-2H3. The molecule has 2 nitrogen and oxygen atoms in total. The van der Waals surface area contributed by atoms with Gasteiger partial charge in [0.2, 0.25) is 0 Å². The van der Waals surface area contributed by atoms with Crippen molar-refractivity contribution >= 4 is 23.2 Å². The van der Waals surface area contributed by atoms with Crippen molar-refractivity contribution in [2.75, 3.05) is 19.6 Å². The van der Waals surface area contributed by atoms with Crippen molar-refractivity contribution in [3.8, 4) is 0 Å². The fourth-order valence-electron chi connectivity index (χ4n) is 2.09. The van der Waals surface area contributed by atoms with E-state index in [1.807, 2.05) is 12.1 Å². The molecule has 0 aliphatic heterocycles. The highest BCUT2D eigenvalue weighted by atomic mass is 35.5. The summed E-state index contributed by atoms with van der Waals surface area (Å²) in [5.74, 6) is 0. The van der Waals surface area contributed by atoms with Crippen LogP contribution in [0, 0.1) is 0 Å². The summed E-state index contributed by atoms with van der Waals surface area (Å²) in [5.41, 5.74) is 7.17. The summed E-state index contributed by atoms with van der Waals surface area (Å²) < 4.78 is 0. The van der Waals surface area contributed by atoms with Crippen LogP contribution in [0.25, 0.3) is 0 Å². The van der Waals surface area contributed by atoms with Crippen LogP contribution >= 0.6 is 23.2 Å². The van der Waals surface area contributed by atoms with E-state index in [1.165, 1.54) is 12.8 Å². The Hall–Kier alpha value is -0.280. The molecule has 1 aromatic rings. The topological polar surface area (TPSA) is 29.3 Å². The molecule has 2 N–H and O–H groups in total. The summed E-state index contributed by atoms with van der Waals surface area (Å²) in [4.78, 5) is 2.43. The molecule has 0 bridgehead atoms. The molecule has 0 saturated heterocycles. The van der Waals surface area contributed by atoms with Gasteiger partial charge < -0.3 is 10.6 Å². The number of hydrogen-bond donors (Lipinski definition) is 1. The second-order valence-electron chi connectivity index (χ2n) is 4.83. The first-order valence-corrected chi connectivity index (χ1v) is 7.77. The monoisotopic (exact) mass is 302 g/mol. The Bertz CT molecular complexity index is 382. The van der Waals surface area contributed by atoms with Crippen LogP contribution in [0.15, 0.2) is 18.2 Å². The van der Waals surface area contributed by atoms with Crippen molar-refractivity contribution in [2.24, 2.45) is 5.73 Å². The van der Waals surface area contributed by atoms with Crippen LogP contribution in [-0.4, -0.2) is 24.5 Å². The molecular formula is C15H24Cl2N2. The van der Waals surface area contributed by atoms with Gasteiger partial charge in [-0.2, -0.15) is 0 Å². The van der Waals surface area contributed by atoms with Gasteiger partial charge in [-0.15, -0.1) is 0 Å². The number of halogens is 2. The van der Waals surface area contributed by atoms with Crippen LogP contribution in [0.3, 0.4) is 0 Å². The molecule has 0 saturated carbocycles. The number of benzene rings is 1. The zero-order chi connectivity index (χ0) is 14.3. The Morgan fingerprint density at radius 3 is 2.58 bits per heavy atom. The molecule has 0 spiro atoms. The molecule has 1 aromatic carbocycles. The van der Waals surface area contributed by atoms with Gasteiger partial charge in [0.15, 0.2) is 0 Å². The normalized spacial score (nSPS) is 12.9. The third-order valence-corrected chi connectivity index (χ3v) is 4.25. The van der Waals surface area contributed by atoms with Gasteiger partial charge in [0.1, 0.15) is 0 Å². The van der Waals surface area contributed by atoms with Crippen molar-refractivity contribution in [3.63, 3.8) is 0 Å². The maximum Gasteiger partial charge on any atom is 0.0640 e. The number of hydrogen-bond acceptors (Lipinski definition) is 2. The van der Waals surface area contributed by atoms with E-state index in [9.17, 15) is 0 Å². The lowest BCUT2D eigenvalue weighted by atomic mass is 10.0. The van der Waals surface area contributed by atoms with E-state index in [4.69, 9.17) is 28.9 Å². The predicted octanol–water partition coefficient (Wildman–Crippen LogP) is 4.51. The predicted molar refractivity (Wildman–Crippen MR) is 85.0 cm³/mol. The van der Waals surface area contributed by atoms with Crippen molar-refractivity contribution < 1.29 is 0 Å². The van der Waals surface area contributed by atoms with Crippen LogP contribution < -0.4 is 5.73 Å². The minimum atomic E-state index is -0.0538. The molecule has 0 aromatic heterocycles. The van der Waals surface area contributed by atoms with E-state index in [1.54, 1.807) is 6.07 Å². The van der Waals surface area contributed by atoms with Gasteiger partial charge in [0, 0.05) is 6.04 Å². The van der Waals surface area contributed by atoms with Gasteiger partial charge in [-0.1, -0.05) is 55.6 Å². The highest BCUT2D eigenvalue weighted by Crippen LogP contribution is 2.30. The number of unbranched alkanes of at least 4 members (excludes halogenated alkanes) is 1. The van der Waals surface area contributed by atoms with E-state index in [2.05, 4.69) is 18.7 Å². The van der Waals surface area contributed by atoms with Gasteiger partial charge in [-0.25, -0.2) is 0 Å².